The Labute approximate surface area is 219 Å². The number of rotatable bonds is 5. The summed E-state index contributed by atoms with van der Waals surface area (Å²) in [6.45, 7) is -0.170. The van der Waals surface area contributed by atoms with Crippen molar-refractivity contribution in [2.24, 2.45) is 11.0 Å². The Hall–Kier alpha value is -4.32. The molecule has 2 unspecified atom stereocenters. The predicted octanol–water partition coefficient (Wildman–Crippen LogP) is 7.32. The number of hydrazone groups is 1. The molecule has 0 saturated heterocycles. The third-order valence-electron chi connectivity index (χ3n) is 7.26. The maximum Gasteiger partial charge on any atom is 0.281 e. The summed E-state index contributed by atoms with van der Waals surface area (Å²) in [6.07, 6.45) is 4.63. The van der Waals surface area contributed by atoms with E-state index in [-0.39, 0.29) is 36.1 Å². The van der Waals surface area contributed by atoms with Crippen LogP contribution in [-0.4, -0.2) is 23.2 Å². The fourth-order valence-corrected chi connectivity index (χ4v) is 5.43. The van der Waals surface area contributed by atoms with Gasteiger partial charge in [0, 0.05) is 5.92 Å². The van der Waals surface area contributed by atoms with Crippen LogP contribution in [0.1, 0.15) is 36.4 Å². The molecule has 190 valence electrons. The van der Waals surface area contributed by atoms with Crippen LogP contribution in [0.15, 0.2) is 102 Å². The van der Waals surface area contributed by atoms with Crippen LogP contribution < -0.4 is 4.74 Å². The minimum absolute atomic E-state index is 0.0227. The first kappa shape index (κ1) is 24.0. The van der Waals surface area contributed by atoms with Gasteiger partial charge in [-0.2, -0.15) is 5.10 Å². The van der Waals surface area contributed by atoms with Crippen molar-refractivity contribution in [3.8, 4) is 5.75 Å². The van der Waals surface area contributed by atoms with E-state index in [0.29, 0.717) is 5.75 Å². The molecule has 0 radical (unpaired) electrons. The first-order valence-electron chi connectivity index (χ1n) is 12.8. The highest BCUT2D eigenvalue weighted by atomic mass is 19.1. The minimum Gasteiger partial charge on any atom is -0.484 e. The van der Waals surface area contributed by atoms with Crippen molar-refractivity contribution in [3.63, 3.8) is 0 Å². The monoisotopic (exact) mass is 508 g/mol. The summed E-state index contributed by atoms with van der Waals surface area (Å²) >= 11 is 0. The molecule has 0 spiro atoms. The molecule has 1 amide bonds. The van der Waals surface area contributed by atoms with Gasteiger partial charge in [0.1, 0.15) is 17.4 Å². The third kappa shape index (κ3) is 4.82. The second-order valence-corrected chi connectivity index (χ2v) is 9.74. The van der Waals surface area contributed by atoms with Gasteiger partial charge in [0.2, 0.25) is 0 Å². The van der Waals surface area contributed by atoms with Gasteiger partial charge < -0.3 is 4.74 Å². The molecule has 1 aliphatic carbocycles. The molecule has 6 heteroatoms. The Morgan fingerprint density at radius 3 is 2.39 bits per heavy atom. The zero-order valence-electron chi connectivity index (χ0n) is 20.7. The zero-order chi connectivity index (χ0) is 26.1. The van der Waals surface area contributed by atoms with Crippen molar-refractivity contribution in [2.75, 3.05) is 6.61 Å². The van der Waals surface area contributed by atoms with E-state index in [1.165, 1.54) is 29.3 Å². The quantitative estimate of drug-likeness (QED) is 0.283. The second kappa shape index (κ2) is 10.2. The zero-order valence-corrected chi connectivity index (χ0v) is 20.7. The lowest BCUT2D eigenvalue weighted by Gasteiger charge is -2.29. The highest BCUT2D eigenvalue weighted by molar-refractivity contribution is 6.08. The van der Waals surface area contributed by atoms with Crippen LogP contribution in [0.3, 0.4) is 0 Å². The van der Waals surface area contributed by atoms with Crippen molar-refractivity contribution in [3.05, 3.63) is 119 Å². The summed E-state index contributed by atoms with van der Waals surface area (Å²) in [4.78, 5) is 13.5. The number of hydrogen-bond donors (Lipinski definition) is 0. The van der Waals surface area contributed by atoms with Gasteiger partial charge in [0.05, 0.1) is 11.8 Å². The molecular formula is C32H26F2N2O2. The molecule has 4 aromatic rings. The van der Waals surface area contributed by atoms with E-state index in [4.69, 9.17) is 9.84 Å². The number of hydrogen-bond acceptors (Lipinski definition) is 3. The molecule has 1 aliphatic heterocycles. The van der Waals surface area contributed by atoms with Crippen LogP contribution in [-0.2, 0) is 4.79 Å². The Balaban J connectivity index is 1.30. The molecule has 0 bridgehead atoms. The summed E-state index contributed by atoms with van der Waals surface area (Å²) in [7, 11) is 0. The fourth-order valence-electron chi connectivity index (χ4n) is 5.43. The van der Waals surface area contributed by atoms with Crippen LogP contribution in [0.25, 0.3) is 16.8 Å². The summed E-state index contributed by atoms with van der Waals surface area (Å²) in [5.41, 5.74) is 3.60. The summed E-state index contributed by atoms with van der Waals surface area (Å²) in [5.74, 6) is -0.296. The van der Waals surface area contributed by atoms with Gasteiger partial charge in [-0.15, -0.1) is 0 Å². The number of nitrogens with zero attached hydrogens (tertiary/aromatic N) is 2. The number of carbonyl (C=O) groups excluding carboxylic acids is 1. The van der Waals surface area contributed by atoms with Crippen LogP contribution in [0.2, 0.25) is 0 Å². The van der Waals surface area contributed by atoms with Gasteiger partial charge in [-0.05, 0) is 89.2 Å². The summed E-state index contributed by atoms with van der Waals surface area (Å²) in [5, 5.41) is 8.47. The Morgan fingerprint density at radius 1 is 0.921 bits per heavy atom. The number of allylic oxidation sites excluding steroid dienone is 1. The molecule has 6 rings (SSSR count). The maximum atomic E-state index is 13.7. The molecule has 1 fully saturated rings. The molecule has 0 aromatic heterocycles. The first-order valence-corrected chi connectivity index (χ1v) is 12.8. The van der Waals surface area contributed by atoms with Gasteiger partial charge in [-0.25, -0.2) is 13.8 Å². The van der Waals surface area contributed by atoms with E-state index in [1.54, 1.807) is 24.3 Å². The SMILES string of the molecule is O=C(COc1ccc2ccccc2c1)N1N=C2/C(=C/c3ccc(F)cc3)CCCC2C1c1ccc(F)cc1. The van der Waals surface area contributed by atoms with E-state index in [1.807, 2.05) is 48.5 Å². The van der Waals surface area contributed by atoms with E-state index < -0.39 is 0 Å². The van der Waals surface area contributed by atoms with Crippen LogP contribution >= 0.6 is 0 Å². The smallest absolute Gasteiger partial charge is 0.281 e. The van der Waals surface area contributed by atoms with Crippen molar-refractivity contribution in [1.82, 2.24) is 5.01 Å². The number of fused-ring (bicyclic) bond motifs is 2. The fraction of sp³-hybridized carbons (Fsp3) is 0.188. The van der Waals surface area contributed by atoms with Gasteiger partial charge >= 0.3 is 0 Å². The second-order valence-electron chi connectivity index (χ2n) is 9.74. The number of carbonyl (C=O) groups is 1. The maximum absolute atomic E-state index is 13.7. The highest BCUT2D eigenvalue weighted by Gasteiger charge is 2.43. The average molecular weight is 509 g/mol. The lowest BCUT2D eigenvalue weighted by molar-refractivity contribution is -0.135. The lowest BCUT2D eigenvalue weighted by atomic mass is 9.77. The van der Waals surface area contributed by atoms with Crippen LogP contribution in [0, 0.1) is 17.6 Å². The Morgan fingerprint density at radius 2 is 1.63 bits per heavy atom. The molecule has 0 N–H and O–H groups in total. The Bertz CT molecular complexity index is 1540. The lowest BCUT2D eigenvalue weighted by Crippen LogP contribution is -2.34. The van der Waals surface area contributed by atoms with Crippen molar-refractivity contribution in [2.45, 2.75) is 25.3 Å². The molecule has 38 heavy (non-hydrogen) atoms. The average Bonchev–Trinajstić information content (AvgIpc) is 3.34. The normalized spacial score (nSPS) is 19.9. The predicted molar refractivity (Wildman–Crippen MR) is 145 cm³/mol. The molecule has 2 aliphatic rings. The van der Waals surface area contributed by atoms with Gasteiger partial charge in [0.25, 0.3) is 5.91 Å². The highest BCUT2D eigenvalue weighted by Crippen LogP contribution is 2.44. The number of amides is 1. The topological polar surface area (TPSA) is 41.9 Å². The molecule has 4 nitrogen and oxygen atoms in total. The largest absolute Gasteiger partial charge is 0.484 e. The number of benzene rings is 4. The van der Waals surface area contributed by atoms with Gasteiger partial charge in [-0.1, -0.05) is 54.6 Å². The Kier molecular flexibility index (Phi) is 6.46. The molecular weight excluding hydrogens is 482 g/mol. The van der Waals surface area contributed by atoms with E-state index >= 15 is 0 Å². The van der Waals surface area contributed by atoms with Gasteiger partial charge in [0.15, 0.2) is 6.61 Å². The molecule has 2 atom stereocenters. The van der Waals surface area contributed by atoms with Crippen LogP contribution in [0.5, 0.6) is 5.75 Å². The standard InChI is InChI=1S/C32H26F2N2O2/c33-26-13-8-21(9-14-26)18-25-6-3-7-29-31(25)35-36(32(29)23-10-15-27(34)16-11-23)30(37)20-38-28-17-12-22-4-1-2-5-24(22)19-28/h1-2,4-5,8-19,29,32H,3,6-7,20H2/b25-18+. The first-order chi connectivity index (χ1) is 18.5. The summed E-state index contributed by atoms with van der Waals surface area (Å²) in [6, 6.07) is 26.0. The summed E-state index contributed by atoms with van der Waals surface area (Å²) < 4.78 is 33.1. The van der Waals surface area contributed by atoms with Crippen molar-refractivity contribution in [1.29, 1.82) is 0 Å². The van der Waals surface area contributed by atoms with Crippen molar-refractivity contribution < 1.29 is 18.3 Å². The van der Waals surface area contributed by atoms with Gasteiger partial charge in [-0.3, -0.25) is 4.79 Å². The van der Waals surface area contributed by atoms with Crippen molar-refractivity contribution >= 4 is 28.5 Å². The van der Waals surface area contributed by atoms with E-state index in [9.17, 15) is 13.6 Å². The van der Waals surface area contributed by atoms with E-state index in [0.717, 1.165) is 52.4 Å². The molecule has 1 saturated carbocycles. The minimum atomic E-state index is -0.352. The van der Waals surface area contributed by atoms with Crippen LogP contribution in [0.4, 0.5) is 8.78 Å². The third-order valence-corrected chi connectivity index (χ3v) is 7.26. The number of ether oxygens (including phenoxy) is 1. The van der Waals surface area contributed by atoms with E-state index in [2.05, 4.69) is 0 Å². The molecule has 4 aromatic carbocycles. The number of halogens is 2. The molecule has 1 heterocycles.